The van der Waals surface area contributed by atoms with Crippen molar-refractivity contribution in [2.24, 2.45) is 11.1 Å². The Bertz CT molecular complexity index is 401. The topological polar surface area (TPSA) is 44.5 Å². The third kappa shape index (κ3) is 5.57. The lowest BCUT2D eigenvalue weighted by Crippen LogP contribution is -2.29. The fourth-order valence-corrected chi connectivity index (χ4v) is 1.75. The monoisotopic (exact) mass is 281 g/mol. The quantitative estimate of drug-likeness (QED) is 0.586. The van der Waals surface area contributed by atoms with E-state index in [1.807, 2.05) is 24.3 Å². The van der Waals surface area contributed by atoms with Crippen LogP contribution in [-0.2, 0) is 11.3 Å². The molecule has 0 aromatic heterocycles. The van der Waals surface area contributed by atoms with Gasteiger partial charge in [-0.25, -0.2) is 0 Å². The Labute approximate surface area is 121 Å². The van der Waals surface area contributed by atoms with Crippen LogP contribution in [0.15, 0.2) is 24.3 Å². The van der Waals surface area contributed by atoms with E-state index < -0.39 is 0 Å². The highest BCUT2D eigenvalue weighted by Crippen LogP contribution is 2.22. The second kappa shape index (κ2) is 7.46. The van der Waals surface area contributed by atoms with Gasteiger partial charge in [-0.15, -0.1) is 0 Å². The second-order valence-electron chi connectivity index (χ2n) is 5.25. The van der Waals surface area contributed by atoms with Crippen LogP contribution in [0.4, 0.5) is 0 Å². The number of ether oxygens (including phenoxy) is 2. The molecule has 0 amide bonds. The molecular formula is C15H23NO2S. The molecule has 0 spiro atoms. The van der Waals surface area contributed by atoms with Crippen molar-refractivity contribution >= 4 is 17.2 Å². The van der Waals surface area contributed by atoms with Crippen molar-refractivity contribution < 1.29 is 9.47 Å². The smallest absolute Gasteiger partial charge is 0.118 e. The van der Waals surface area contributed by atoms with Gasteiger partial charge in [0.25, 0.3) is 0 Å². The van der Waals surface area contributed by atoms with Crippen LogP contribution in [0.25, 0.3) is 0 Å². The summed E-state index contributed by atoms with van der Waals surface area (Å²) in [6.07, 6.45) is 1.91. The van der Waals surface area contributed by atoms with Gasteiger partial charge in [0.1, 0.15) is 5.75 Å². The fraction of sp³-hybridized carbons (Fsp3) is 0.533. The van der Waals surface area contributed by atoms with Crippen LogP contribution in [0.5, 0.6) is 5.75 Å². The molecule has 0 bridgehead atoms. The van der Waals surface area contributed by atoms with Crippen molar-refractivity contribution in [1.82, 2.24) is 0 Å². The molecule has 1 aromatic carbocycles. The lowest BCUT2D eigenvalue weighted by molar-refractivity contribution is 0.113. The normalized spacial score (nSPS) is 11.3. The van der Waals surface area contributed by atoms with Crippen molar-refractivity contribution in [2.75, 3.05) is 13.7 Å². The minimum Gasteiger partial charge on any atom is -0.497 e. The summed E-state index contributed by atoms with van der Waals surface area (Å²) in [4.78, 5) is 0.572. The predicted octanol–water partition coefficient (Wildman–Crippen LogP) is 3.30. The highest BCUT2D eigenvalue weighted by molar-refractivity contribution is 7.80. The van der Waals surface area contributed by atoms with E-state index in [0.29, 0.717) is 11.6 Å². The summed E-state index contributed by atoms with van der Waals surface area (Å²) in [5, 5.41) is 0. The first-order valence-electron chi connectivity index (χ1n) is 6.46. The predicted molar refractivity (Wildman–Crippen MR) is 82.5 cm³/mol. The van der Waals surface area contributed by atoms with Crippen molar-refractivity contribution in [3.8, 4) is 5.75 Å². The van der Waals surface area contributed by atoms with Gasteiger partial charge < -0.3 is 15.2 Å². The van der Waals surface area contributed by atoms with E-state index in [-0.39, 0.29) is 5.41 Å². The molecule has 106 valence electrons. The van der Waals surface area contributed by atoms with E-state index in [2.05, 4.69) is 13.8 Å². The van der Waals surface area contributed by atoms with Gasteiger partial charge >= 0.3 is 0 Å². The lowest BCUT2D eigenvalue weighted by atomic mass is 9.88. The molecule has 0 aliphatic rings. The minimum absolute atomic E-state index is 0.0845. The molecule has 0 saturated carbocycles. The zero-order chi connectivity index (χ0) is 14.3. The third-order valence-corrected chi connectivity index (χ3v) is 3.74. The lowest BCUT2D eigenvalue weighted by Gasteiger charge is -2.22. The van der Waals surface area contributed by atoms with Gasteiger partial charge in [0.2, 0.25) is 0 Å². The Kier molecular flexibility index (Phi) is 6.25. The highest BCUT2D eigenvalue weighted by atomic mass is 32.1. The number of benzene rings is 1. The number of nitrogens with two attached hydrogens (primary N) is 1. The van der Waals surface area contributed by atoms with Crippen LogP contribution in [0.3, 0.4) is 0 Å². The third-order valence-electron chi connectivity index (χ3n) is 3.19. The Morgan fingerprint density at radius 2 is 1.89 bits per heavy atom. The van der Waals surface area contributed by atoms with E-state index in [9.17, 15) is 0 Å². The highest BCUT2D eigenvalue weighted by Gasteiger charge is 2.20. The Morgan fingerprint density at radius 3 is 2.42 bits per heavy atom. The van der Waals surface area contributed by atoms with Crippen molar-refractivity contribution in [3.63, 3.8) is 0 Å². The molecule has 0 fully saturated rings. The van der Waals surface area contributed by atoms with Crippen molar-refractivity contribution in [2.45, 2.75) is 33.3 Å². The Morgan fingerprint density at radius 1 is 1.26 bits per heavy atom. The summed E-state index contributed by atoms with van der Waals surface area (Å²) < 4.78 is 10.8. The molecule has 4 heteroatoms. The van der Waals surface area contributed by atoms with Gasteiger partial charge in [0.15, 0.2) is 0 Å². The van der Waals surface area contributed by atoms with Crippen LogP contribution in [0.2, 0.25) is 0 Å². The number of hydrogen-bond donors (Lipinski definition) is 1. The Hall–Kier alpha value is -1.13. The average molecular weight is 281 g/mol. The van der Waals surface area contributed by atoms with Crippen molar-refractivity contribution in [3.05, 3.63) is 29.8 Å². The molecule has 1 aromatic rings. The second-order valence-corrected chi connectivity index (χ2v) is 5.69. The maximum Gasteiger partial charge on any atom is 0.118 e. The average Bonchev–Trinajstić information content (AvgIpc) is 2.38. The Balaban J connectivity index is 2.22. The van der Waals surface area contributed by atoms with E-state index >= 15 is 0 Å². The first-order valence-corrected chi connectivity index (χ1v) is 6.87. The summed E-state index contributed by atoms with van der Waals surface area (Å²) in [7, 11) is 1.66. The van der Waals surface area contributed by atoms with Crippen LogP contribution in [0, 0.1) is 5.41 Å². The standard InChI is InChI=1S/C15H23NO2S/c1-15(2,14(16)19)9-4-10-18-11-12-5-7-13(17-3)8-6-12/h5-8H,4,9-11H2,1-3H3,(H2,16,19). The molecule has 19 heavy (non-hydrogen) atoms. The minimum atomic E-state index is -0.0845. The van der Waals surface area contributed by atoms with E-state index in [4.69, 9.17) is 27.4 Å². The molecule has 2 N–H and O–H groups in total. The molecule has 0 aliphatic carbocycles. The van der Waals surface area contributed by atoms with Gasteiger partial charge in [-0.05, 0) is 30.5 Å². The first-order chi connectivity index (χ1) is 8.95. The fourth-order valence-electron chi connectivity index (χ4n) is 1.65. The van der Waals surface area contributed by atoms with Crippen LogP contribution in [0.1, 0.15) is 32.3 Å². The van der Waals surface area contributed by atoms with Crippen molar-refractivity contribution in [1.29, 1.82) is 0 Å². The number of methoxy groups -OCH3 is 1. The van der Waals surface area contributed by atoms with Gasteiger partial charge in [-0.1, -0.05) is 38.2 Å². The van der Waals surface area contributed by atoms with Crippen LogP contribution >= 0.6 is 12.2 Å². The van der Waals surface area contributed by atoms with Gasteiger partial charge in [0, 0.05) is 12.0 Å². The molecule has 1 rings (SSSR count). The SMILES string of the molecule is COc1ccc(COCCCC(C)(C)C(N)=S)cc1. The zero-order valence-corrected chi connectivity index (χ0v) is 12.8. The summed E-state index contributed by atoms with van der Waals surface area (Å²) in [6, 6.07) is 7.90. The number of hydrogen-bond acceptors (Lipinski definition) is 3. The maximum absolute atomic E-state index is 5.68. The molecule has 0 radical (unpaired) electrons. The molecule has 0 atom stereocenters. The molecule has 0 heterocycles. The van der Waals surface area contributed by atoms with Crippen LogP contribution in [-0.4, -0.2) is 18.7 Å². The first kappa shape index (κ1) is 15.9. The molecule has 0 aliphatic heterocycles. The number of rotatable bonds is 8. The van der Waals surface area contributed by atoms with Gasteiger partial charge in [-0.2, -0.15) is 0 Å². The van der Waals surface area contributed by atoms with Crippen LogP contribution < -0.4 is 10.5 Å². The molecule has 0 saturated heterocycles. The maximum atomic E-state index is 5.68. The summed E-state index contributed by atoms with van der Waals surface area (Å²) in [5.74, 6) is 0.863. The van der Waals surface area contributed by atoms with E-state index in [1.54, 1.807) is 7.11 Å². The van der Waals surface area contributed by atoms with E-state index in [0.717, 1.165) is 30.8 Å². The molecule has 3 nitrogen and oxygen atoms in total. The molecular weight excluding hydrogens is 258 g/mol. The molecule has 0 unspecified atom stereocenters. The van der Waals surface area contributed by atoms with E-state index in [1.165, 1.54) is 0 Å². The van der Waals surface area contributed by atoms with Gasteiger partial charge in [0.05, 0.1) is 18.7 Å². The largest absolute Gasteiger partial charge is 0.497 e. The van der Waals surface area contributed by atoms with Gasteiger partial charge in [-0.3, -0.25) is 0 Å². The summed E-state index contributed by atoms with van der Waals surface area (Å²) >= 11 is 5.03. The summed E-state index contributed by atoms with van der Waals surface area (Å²) in [5.41, 5.74) is 6.75. The number of thiocarbonyl (C=S) groups is 1. The zero-order valence-electron chi connectivity index (χ0n) is 11.9. The summed E-state index contributed by atoms with van der Waals surface area (Å²) in [6.45, 7) is 5.48.